The quantitative estimate of drug-likeness (QED) is 0.558. The highest BCUT2D eigenvalue weighted by Crippen LogP contribution is 2.21. The molecule has 58 valence electrons. The van der Waals surface area contributed by atoms with Crippen LogP contribution in [0.2, 0.25) is 0 Å². The summed E-state index contributed by atoms with van der Waals surface area (Å²) in [6, 6.07) is 0.561. The molecule has 0 saturated carbocycles. The molecule has 1 aromatic heterocycles. The van der Waals surface area contributed by atoms with Gasteiger partial charge in [0.2, 0.25) is 0 Å². The molecule has 0 spiro atoms. The molecule has 0 fully saturated rings. The normalized spacial score (nSPS) is 23.8. The van der Waals surface area contributed by atoms with Crippen molar-refractivity contribution in [2.75, 3.05) is 0 Å². The summed E-state index contributed by atoms with van der Waals surface area (Å²) in [6.07, 6.45) is 14.1. The fourth-order valence-corrected chi connectivity index (χ4v) is 1.51. The number of imidazole rings is 1. The summed E-state index contributed by atoms with van der Waals surface area (Å²) in [5.41, 5.74) is 0. The predicted molar refractivity (Wildman–Crippen MR) is 44.3 cm³/mol. The van der Waals surface area contributed by atoms with Crippen LogP contribution in [-0.4, -0.2) is 9.55 Å². The summed E-state index contributed by atoms with van der Waals surface area (Å²) in [5.74, 6) is 0. The maximum absolute atomic E-state index is 4.03. The smallest absolute Gasteiger partial charge is 0.0951 e. The standard InChI is InChI=1S/C9H12N2/c1-2-4-9(5-3-1)11-7-6-10-8-11/h2,4,6-9H,1,3,5H2. The Hall–Kier alpha value is -1.05. The van der Waals surface area contributed by atoms with Crippen LogP contribution in [0.25, 0.3) is 0 Å². The van der Waals surface area contributed by atoms with E-state index in [0.29, 0.717) is 6.04 Å². The number of allylic oxidation sites excluding steroid dienone is 2. The van der Waals surface area contributed by atoms with Gasteiger partial charge in [-0.3, -0.25) is 0 Å². The molecule has 1 aromatic rings. The largest absolute Gasteiger partial charge is 0.331 e. The molecular formula is C9H12N2. The molecule has 0 saturated heterocycles. The first-order valence-electron chi connectivity index (χ1n) is 4.11. The molecule has 0 aliphatic heterocycles. The SMILES string of the molecule is C1=CC(n2ccnc2)CCC1. The van der Waals surface area contributed by atoms with Crippen LogP contribution >= 0.6 is 0 Å². The van der Waals surface area contributed by atoms with Crippen LogP contribution in [0.5, 0.6) is 0 Å². The topological polar surface area (TPSA) is 17.8 Å². The van der Waals surface area contributed by atoms with E-state index in [-0.39, 0.29) is 0 Å². The van der Waals surface area contributed by atoms with Gasteiger partial charge >= 0.3 is 0 Å². The fourth-order valence-electron chi connectivity index (χ4n) is 1.51. The molecule has 0 bridgehead atoms. The molecule has 1 unspecified atom stereocenters. The summed E-state index contributed by atoms with van der Waals surface area (Å²) >= 11 is 0. The van der Waals surface area contributed by atoms with Crippen molar-refractivity contribution in [2.24, 2.45) is 0 Å². The Bertz CT molecular complexity index is 236. The Morgan fingerprint density at radius 3 is 3.09 bits per heavy atom. The third-order valence-corrected chi connectivity index (χ3v) is 2.14. The van der Waals surface area contributed by atoms with Crippen LogP contribution in [0.15, 0.2) is 30.9 Å². The zero-order valence-corrected chi connectivity index (χ0v) is 6.48. The van der Waals surface area contributed by atoms with Crippen LogP contribution in [0.1, 0.15) is 25.3 Å². The lowest BCUT2D eigenvalue weighted by Crippen LogP contribution is -2.06. The minimum atomic E-state index is 0.561. The Morgan fingerprint density at radius 1 is 1.45 bits per heavy atom. The van der Waals surface area contributed by atoms with Crippen molar-refractivity contribution in [3.8, 4) is 0 Å². The van der Waals surface area contributed by atoms with Crippen molar-refractivity contribution >= 4 is 0 Å². The number of hydrogen-bond acceptors (Lipinski definition) is 1. The number of nitrogens with zero attached hydrogens (tertiary/aromatic N) is 2. The van der Waals surface area contributed by atoms with Crippen LogP contribution in [0.4, 0.5) is 0 Å². The van der Waals surface area contributed by atoms with Crippen molar-refractivity contribution < 1.29 is 0 Å². The van der Waals surface area contributed by atoms with Gasteiger partial charge in [-0.15, -0.1) is 0 Å². The molecule has 1 heterocycles. The minimum absolute atomic E-state index is 0.561. The lowest BCUT2D eigenvalue weighted by Gasteiger charge is -2.16. The van der Waals surface area contributed by atoms with Gasteiger partial charge in [-0.05, 0) is 19.3 Å². The summed E-state index contributed by atoms with van der Waals surface area (Å²) in [6.45, 7) is 0. The van der Waals surface area contributed by atoms with Gasteiger partial charge in [-0.2, -0.15) is 0 Å². The molecule has 0 amide bonds. The highest BCUT2D eigenvalue weighted by atomic mass is 15.0. The molecule has 2 nitrogen and oxygen atoms in total. The average Bonchev–Trinajstić information content (AvgIpc) is 2.58. The molecule has 2 heteroatoms. The third kappa shape index (κ3) is 1.34. The van der Waals surface area contributed by atoms with Gasteiger partial charge in [0.15, 0.2) is 0 Å². The van der Waals surface area contributed by atoms with Gasteiger partial charge in [-0.25, -0.2) is 4.98 Å². The Morgan fingerprint density at radius 2 is 2.45 bits per heavy atom. The van der Waals surface area contributed by atoms with E-state index < -0.39 is 0 Å². The zero-order chi connectivity index (χ0) is 7.52. The maximum atomic E-state index is 4.03. The molecule has 1 atom stereocenters. The highest BCUT2D eigenvalue weighted by Gasteiger charge is 2.08. The summed E-state index contributed by atoms with van der Waals surface area (Å²) in [7, 11) is 0. The summed E-state index contributed by atoms with van der Waals surface area (Å²) < 4.78 is 2.16. The van der Waals surface area contributed by atoms with Crippen molar-refractivity contribution in [1.82, 2.24) is 9.55 Å². The van der Waals surface area contributed by atoms with Gasteiger partial charge in [0, 0.05) is 12.4 Å². The van der Waals surface area contributed by atoms with Gasteiger partial charge < -0.3 is 4.57 Å². The molecule has 1 aliphatic rings. The van der Waals surface area contributed by atoms with Gasteiger partial charge in [0.25, 0.3) is 0 Å². The van der Waals surface area contributed by atoms with Crippen LogP contribution in [0, 0.1) is 0 Å². The number of rotatable bonds is 1. The molecule has 2 rings (SSSR count). The summed E-state index contributed by atoms with van der Waals surface area (Å²) in [5, 5.41) is 0. The maximum Gasteiger partial charge on any atom is 0.0951 e. The second kappa shape index (κ2) is 2.91. The van der Waals surface area contributed by atoms with Crippen LogP contribution < -0.4 is 0 Å². The van der Waals surface area contributed by atoms with Crippen molar-refractivity contribution in [1.29, 1.82) is 0 Å². The van der Waals surface area contributed by atoms with Gasteiger partial charge in [0.05, 0.1) is 12.4 Å². The predicted octanol–water partition coefficient (Wildman–Crippen LogP) is 2.16. The zero-order valence-electron chi connectivity index (χ0n) is 6.48. The first kappa shape index (κ1) is 6.65. The van der Waals surface area contributed by atoms with E-state index in [2.05, 4.69) is 21.7 Å². The number of hydrogen-bond donors (Lipinski definition) is 0. The lowest BCUT2D eigenvalue weighted by molar-refractivity contribution is 0.517. The van der Waals surface area contributed by atoms with E-state index in [0.717, 1.165) is 0 Å². The molecule has 1 aliphatic carbocycles. The fraction of sp³-hybridized carbons (Fsp3) is 0.444. The Kier molecular flexibility index (Phi) is 1.76. The van der Waals surface area contributed by atoms with E-state index >= 15 is 0 Å². The first-order chi connectivity index (χ1) is 5.47. The van der Waals surface area contributed by atoms with E-state index in [9.17, 15) is 0 Å². The van der Waals surface area contributed by atoms with Gasteiger partial charge in [0.1, 0.15) is 0 Å². The Labute approximate surface area is 66.6 Å². The minimum Gasteiger partial charge on any atom is -0.331 e. The monoisotopic (exact) mass is 148 g/mol. The molecule has 0 N–H and O–H groups in total. The Balaban J connectivity index is 2.16. The lowest BCUT2D eigenvalue weighted by atomic mass is 10.0. The highest BCUT2D eigenvalue weighted by molar-refractivity contribution is 4.98. The van der Waals surface area contributed by atoms with Crippen molar-refractivity contribution in [3.63, 3.8) is 0 Å². The first-order valence-corrected chi connectivity index (χ1v) is 4.11. The van der Waals surface area contributed by atoms with E-state index in [1.165, 1.54) is 19.3 Å². The second-order valence-electron chi connectivity index (χ2n) is 2.94. The van der Waals surface area contributed by atoms with E-state index in [1.807, 2.05) is 18.7 Å². The molecule has 0 radical (unpaired) electrons. The summed E-state index contributed by atoms with van der Waals surface area (Å²) in [4.78, 5) is 4.03. The van der Waals surface area contributed by atoms with Crippen LogP contribution in [-0.2, 0) is 0 Å². The average molecular weight is 148 g/mol. The van der Waals surface area contributed by atoms with Gasteiger partial charge in [-0.1, -0.05) is 12.2 Å². The second-order valence-corrected chi connectivity index (χ2v) is 2.94. The van der Waals surface area contributed by atoms with E-state index in [1.54, 1.807) is 0 Å². The van der Waals surface area contributed by atoms with E-state index in [4.69, 9.17) is 0 Å². The van der Waals surface area contributed by atoms with Crippen molar-refractivity contribution in [3.05, 3.63) is 30.9 Å². The number of aromatic nitrogens is 2. The molecule has 0 aromatic carbocycles. The van der Waals surface area contributed by atoms with Crippen molar-refractivity contribution in [2.45, 2.75) is 25.3 Å². The van der Waals surface area contributed by atoms with Crippen LogP contribution in [0.3, 0.4) is 0 Å². The third-order valence-electron chi connectivity index (χ3n) is 2.14. The molecular weight excluding hydrogens is 136 g/mol. The molecule has 11 heavy (non-hydrogen) atoms.